The van der Waals surface area contributed by atoms with Crippen molar-refractivity contribution in [2.24, 2.45) is 0 Å². The molecular weight excluding hydrogens is 254 g/mol. The number of H-pyrrole nitrogens is 1. The summed E-state index contributed by atoms with van der Waals surface area (Å²) in [4.78, 5) is 15.7. The van der Waals surface area contributed by atoms with Gasteiger partial charge in [-0.05, 0) is 19.9 Å². The van der Waals surface area contributed by atoms with Gasteiger partial charge in [-0.15, -0.1) is 5.10 Å². The number of carbonyl (C=O) groups is 1. The van der Waals surface area contributed by atoms with Crippen LogP contribution in [0.4, 0.5) is 14.7 Å². The molecule has 7 heteroatoms. The highest BCUT2D eigenvalue weighted by Gasteiger charge is 2.38. The molecule has 0 saturated heterocycles. The number of anilines is 1. The number of hydrogen-bond donors (Lipinski definition) is 2. The van der Waals surface area contributed by atoms with Gasteiger partial charge < -0.3 is 0 Å². The number of aromatic amines is 1. The molecule has 1 amide bonds. The molecule has 100 valence electrons. The number of amides is 1. The fourth-order valence-corrected chi connectivity index (χ4v) is 1.58. The Morgan fingerprint density at radius 1 is 1.42 bits per heavy atom. The lowest BCUT2D eigenvalue weighted by atomic mass is 9.96. The molecule has 2 N–H and O–H groups in total. The lowest BCUT2D eigenvalue weighted by Gasteiger charge is -2.19. The van der Waals surface area contributed by atoms with Crippen molar-refractivity contribution in [3.8, 4) is 0 Å². The van der Waals surface area contributed by atoms with Gasteiger partial charge in [-0.25, -0.2) is 8.78 Å². The highest BCUT2D eigenvalue weighted by atomic mass is 19.1. The van der Waals surface area contributed by atoms with Gasteiger partial charge in [0.1, 0.15) is 11.6 Å². The van der Waals surface area contributed by atoms with Gasteiger partial charge in [0.2, 0.25) is 11.6 Å². The number of aromatic nitrogens is 3. The van der Waals surface area contributed by atoms with E-state index in [0.717, 1.165) is 13.0 Å². The van der Waals surface area contributed by atoms with Crippen molar-refractivity contribution < 1.29 is 13.6 Å². The minimum absolute atomic E-state index is 0.0530. The Bertz CT molecular complexity index is 609. The quantitative estimate of drug-likeness (QED) is 0.893. The fraction of sp³-hybridized carbons (Fsp3) is 0.250. The largest absolute Gasteiger partial charge is 0.290 e. The third kappa shape index (κ3) is 2.59. The Morgan fingerprint density at radius 3 is 2.68 bits per heavy atom. The van der Waals surface area contributed by atoms with E-state index < -0.39 is 17.4 Å². The Labute approximate surface area is 108 Å². The molecule has 1 unspecified atom stereocenters. The van der Waals surface area contributed by atoms with Gasteiger partial charge in [-0.2, -0.15) is 4.98 Å². The second-order valence-electron chi connectivity index (χ2n) is 4.18. The zero-order chi connectivity index (χ0) is 14.0. The van der Waals surface area contributed by atoms with Crippen molar-refractivity contribution >= 4 is 11.9 Å². The van der Waals surface area contributed by atoms with Crippen molar-refractivity contribution in [1.29, 1.82) is 0 Å². The molecule has 2 aromatic rings. The molecule has 1 heterocycles. The molecule has 0 radical (unpaired) electrons. The second kappa shape index (κ2) is 4.75. The van der Waals surface area contributed by atoms with E-state index in [-0.39, 0.29) is 11.5 Å². The molecule has 0 aliphatic heterocycles. The smallest absolute Gasteiger partial charge is 0.268 e. The monoisotopic (exact) mass is 266 g/mol. The van der Waals surface area contributed by atoms with E-state index in [0.29, 0.717) is 5.82 Å². The SMILES string of the molecule is Cc1nc(NC(=O)C(C)(F)c2ccccc2F)n[nH]1. The molecule has 0 aliphatic rings. The predicted molar refractivity (Wildman–Crippen MR) is 64.6 cm³/mol. The Balaban J connectivity index is 2.24. The summed E-state index contributed by atoms with van der Waals surface area (Å²) >= 11 is 0. The molecule has 0 aliphatic carbocycles. The Morgan fingerprint density at radius 2 is 2.11 bits per heavy atom. The minimum Gasteiger partial charge on any atom is -0.290 e. The van der Waals surface area contributed by atoms with E-state index in [2.05, 4.69) is 20.5 Å². The van der Waals surface area contributed by atoms with E-state index in [1.165, 1.54) is 18.2 Å². The van der Waals surface area contributed by atoms with Crippen LogP contribution >= 0.6 is 0 Å². The molecule has 1 atom stereocenters. The minimum atomic E-state index is -2.51. The number of aryl methyl sites for hydroxylation is 1. The van der Waals surface area contributed by atoms with Crippen LogP contribution in [-0.2, 0) is 10.5 Å². The van der Waals surface area contributed by atoms with Crippen molar-refractivity contribution in [3.05, 3.63) is 41.5 Å². The van der Waals surface area contributed by atoms with E-state index in [1.807, 2.05) is 0 Å². The normalized spacial score (nSPS) is 13.9. The van der Waals surface area contributed by atoms with Gasteiger partial charge >= 0.3 is 0 Å². The molecule has 1 aromatic carbocycles. The topological polar surface area (TPSA) is 70.7 Å². The van der Waals surface area contributed by atoms with Crippen LogP contribution in [0.25, 0.3) is 0 Å². The van der Waals surface area contributed by atoms with Crippen LogP contribution in [0.15, 0.2) is 24.3 Å². The van der Waals surface area contributed by atoms with Crippen LogP contribution in [0.1, 0.15) is 18.3 Å². The molecule has 0 saturated carbocycles. The van der Waals surface area contributed by atoms with Crippen LogP contribution in [0.2, 0.25) is 0 Å². The van der Waals surface area contributed by atoms with Gasteiger partial charge in [0.25, 0.3) is 5.91 Å². The fourth-order valence-electron chi connectivity index (χ4n) is 1.58. The maximum atomic E-state index is 14.5. The van der Waals surface area contributed by atoms with E-state index in [1.54, 1.807) is 6.92 Å². The summed E-state index contributed by atoms with van der Waals surface area (Å²) in [7, 11) is 0. The maximum Gasteiger partial charge on any atom is 0.268 e. The second-order valence-corrected chi connectivity index (χ2v) is 4.18. The van der Waals surface area contributed by atoms with Gasteiger partial charge in [0.15, 0.2) is 0 Å². The van der Waals surface area contributed by atoms with Crippen molar-refractivity contribution in [2.75, 3.05) is 5.32 Å². The molecular formula is C12H12F2N4O. The summed E-state index contributed by atoms with van der Waals surface area (Å²) in [5.41, 5.74) is -2.85. The number of alkyl halides is 1. The zero-order valence-corrected chi connectivity index (χ0v) is 10.4. The van der Waals surface area contributed by atoms with Crippen LogP contribution in [0.3, 0.4) is 0 Å². The van der Waals surface area contributed by atoms with Gasteiger partial charge in [0, 0.05) is 5.56 Å². The van der Waals surface area contributed by atoms with E-state index in [4.69, 9.17) is 0 Å². The molecule has 5 nitrogen and oxygen atoms in total. The number of nitrogens with one attached hydrogen (secondary N) is 2. The third-order valence-corrected chi connectivity index (χ3v) is 2.63. The van der Waals surface area contributed by atoms with E-state index in [9.17, 15) is 13.6 Å². The van der Waals surface area contributed by atoms with Crippen molar-refractivity contribution in [2.45, 2.75) is 19.5 Å². The number of halogens is 2. The summed E-state index contributed by atoms with van der Waals surface area (Å²) in [6, 6.07) is 5.20. The van der Waals surface area contributed by atoms with Crippen molar-refractivity contribution in [3.63, 3.8) is 0 Å². The molecule has 0 fully saturated rings. The third-order valence-electron chi connectivity index (χ3n) is 2.63. The van der Waals surface area contributed by atoms with Crippen LogP contribution in [0, 0.1) is 12.7 Å². The van der Waals surface area contributed by atoms with Crippen LogP contribution < -0.4 is 5.32 Å². The summed E-state index contributed by atoms with van der Waals surface area (Å²) < 4.78 is 28.0. The molecule has 1 aromatic heterocycles. The number of nitrogens with zero attached hydrogens (tertiary/aromatic N) is 2. The zero-order valence-electron chi connectivity index (χ0n) is 10.4. The summed E-state index contributed by atoms with van der Waals surface area (Å²) in [5, 5.41) is 8.36. The number of rotatable bonds is 3. The van der Waals surface area contributed by atoms with Crippen molar-refractivity contribution in [1.82, 2.24) is 15.2 Å². The Kier molecular flexibility index (Phi) is 3.28. The number of hydrogen-bond acceptors (Lipinski definition) is 3. The van der Waals surface area contributed by atoms with Gasteiger partial charge in [0.05, 0.1) is 0 Å². The summed E-state index contributed by atoms with van der Waals surface area (Å²) in [6.07, 6.45) is 0. The van der Waals surface area contributed by atoms with E-state index >= 15 is 0 Å². The van der Waals surface area contributed by atoms with Gasteiger partial charge in [-0.1, -0.05) is 18.2 Å². The number of benzene rings is 1. The van der Waals surface area contributed by atoms with Crippen LogP contribution in [0.5, 0.6) is 0 Å². The average Bonchev–Trinajstić information content (AvgIpc) is 2.75. The highest BCUT2D eigenvalue weighted by Crippen LogP contribution is 2.28. The lowest BCUT2D eigenvalue weighted by molar-refractivity contribution is -0.127. The number of carbonyl (C=O) groups excluding carboxylic acids is 1. The molecule has 0 bridgehead atoms. The summed E-state index contributed by atoms with van der Waals surface area (Å²) in [5.74, 6) is -1.39. The molecule has 0 spiro atoms. The first kappa shape index (κ1) is 13.1. The lowest BCUT2D eigenvalue weighted by Crippen LogP contribution is -2.34. The molecule has 19 heavy (non-hydrogen) atoms. The molecule has 2 rings (SSSR count). The first-order chi connectivity index (χ1) is 8.91. The summed E-state index contributed by atoms with van der Waals surface area (Å²) in [6.45, 7) is 2.62. The average molecular weight is 266 g/mol. The standard InChI is InChI=1S/C12H12F2N4O/c1-7-15-11(18-17-7)16-10(19)12(2,14)8-5-3-4-6-9(8)13/h3-6H,1-2H3,(H2,15,16,17,18,19). The highest BCUT2D eigenvalue weighted by molar-refractivity contribution is 5.96. The van der Waals surface area contributed by atoms with Gasteiger partial charge in [-0.3, -0.25) is 15.2 Å². The van der Waals surface area contributed by atoms with Crippen LogP contribution in [-0.4, -0.2) is 21.1 Å². The Hall–Kier alpha value is -2.31. The predicted octanol–water partition coefficient (Wildman–Crippen LogP) is 2.08. The first-order valence-corrected chi connectivity index (χ1v) is 5.55. The maximum absolute atomic E-state index is 14.5. The first-order valence-electron chi connectivity index (χ1n) is 5.55.